The standard InChI is InChI=1S/C26H21Br2N3O5S/c1-11(2)36-25(34)19-12(3)29-26-31(21(19)16-10-14(28)6-8-18(16)35-4)24(33)22(37-26)20-15-9-13(27)5-7-17(15)30-23(20)32/h5-11,21H,1-4H3,(H,30,32)/b22-20+/t21-/m0/s1. The molecule has 0 spiro atoms. The van der Waals surface area contributed by atoms with Crippen LogP contribution in [-0.2, 0) is 14.3 Å². The average molecular weight is 647 g/mol. The van der Waals surface area contributed by atoms with Crippen LogP contribution < -0.4 is 24.9 Å². The second-order valence-corrected chi connectivity index (χ2v) is 11.6. The number of aromatic nitrogens is 1. The summed E-state index contributed by atoms with van der Waals surface area (Å²) in [6.07, 6.45) is -0.373. The predicted molar refractivity (Wildman–Crippen MR) is 147 cm³/mol. The lowest BCUT2D eigenvalue weighted by molar-refractivity contribution is -0.143. The van der Waals surface area contributed by atoms with Gasteiger partial charge in [0, 0.05) is 25.8 Å². The van der Waals surface area contributed by atoms with E-state index in [0.717, 1.165) is 20.3 Å². The Kier molecular flexibility index (Phi) is 6.71. The van der Waals surface area contributed by atoms with Gasteiger partial charge >= 0.3 is 5.97 Å². The van der Waals surface area contributed by atoms with E-state index in [0.29, 0.717) is 33.1 Å². The number of hydrogen-bond donors (Lipinski definition) is 1. The van der Waals surface area contributed by atoms with Gasteiger partial charge in [-0.25, -0.2) is 9.79 Å². The number of halogens is 2. The lowest BCUT2D eigenvalue weighted by atomic mass is 9.95. The van der Waals surface area contributed by atoms with Crippen LogP contribution in [0.3, 0.4) is 0 Å². The predicted octanol–water partition coefficient (Wildman–Crippen LogP) is 4.04. The fourth-order valence-electron chi connectivity index (χ4n) is 4.49. The second kappa shape index (κ2) is 9.70. The Morgan fingerprint density at radius 2 is 1.84 bits per heavy atom. The molecular weight excluding hydrogens is 626 g/mol. The number of nitrogens with one attached hydrogen (secondary N) is 1. The molecule has 2 aromatic carbocycles. The molecule has 0 fully saturated rings. The molecule has 1 amide bonds. The fourth-order valence-corrected chi connectivity index (χ4v) is 6.37. The molecule has 1 aromatic heterocycles. The van der Waals surface area contributed by atoms with Crippen LogP contribution in [0.25, 0.3) is 5.57 Å². The van der Waals surface area contributed by atoms with Gasteiger partial charge in [0.05, 0.1) is 30.1 Å². The molecule has 0 radical (unpaired) electrons. The number of benzene rings is 2. The van der Waals surface area contributed by atoms with Crippen molar-refractivity contribution in [1.29, 1.82) is 0 Å². The van der Waals surface area contributed by atoms with E-state index in [4.69, 9.17) is 9.47 Å². The van der Waals surface area contributed by atoms with Crippen LogP contribution in [0.2, 0.25) is 0 Å². The quantitative estimate of drug-likeness (QED) is 0.432. The summed E-state index contributed by atoms with van der Waals surface area (Å²) >= 11 is 8.06. The zero-order chi connectivity index (χ0) is 26.6. The molecule has 190 valence electrons. The summed E-state index contributed by atoms with van der Waals surface area (Å²) in [5.41, 5.74) is 2.32. The van der Waals surface area contributed by atoms with E-state index in [-0.39, 0.29) is 27.7 Å². The van der Waals surface area contributed by atoms with Gasteiger partial charge in [0.1, 0.15) is 16.3 Å². The van der Waals surface area contributed by atoms with Crippen LogP contribution >= 0.6 is 43.2 Å². The van der Waals surface area contributed by atoms with Crippen molar-refractivity contribution >= 4 is 66.3 Å². The number of ether oxygens (including phenoxy) is 2. The third-order valence-corrected chi connectivity index (χ3v) is 8.04. The summed E-state index contributed by atoms with van der Waals surface area (Å²) in [7, 11) is 1.53. The van der Waals surface area contributed by atoms with Crippen molar-refractivity contribution in [2.75, 3.05) is 12.4 Å². The SMILES string of the molecule is COc1ccc(Br)cc1[C@H]1C(C(=O)OC(C)C)=C(C)N=c2s/c(=C3/C(=O)Nc4ccc(Br)cc43)c(=O)n21. The number of thiazole rings is 1. The maximum atomic E-state index is 14.1. The number of amides is 1. The Labute approximate surface area is 232 Å². The molecule has 8 nitrogen and oxygen atoms in total. The Bertz CT molecular complexity index is 1700. The highest BCUT2D eigenvalue weighted by molar-refractivity contribution is 9.10. The van der Waals surface area contributed by atoms with Crippen molar-refractivity contribution in [3.05, 3.63) is 87.4 Å². The molecular formula is C26H21Br2N3O5S. The van der Waals surface area contributed by atoms with Crippen molar-refractivity contribution in [2.45, 2.75) is 32.9 Å². The smallest absolute Gasteiger partial charge is 0.338 e. The summed E-state index contributed by atoms with van der Waals surface area (Å²) in [6.45, 7) is 5.23. The van der Waals surface area contributed by atoms with Crippen molar-refractivity contribution in [3.8, 4) is 5.75 Å². The Hall–Kier alpha value is -3.02. The van der Waals surface area contributed by atoms with Crippen molar-refractivity contribution in [2.24, 2.45) is 4.99 Å². The van der Waals surface area contributed by atoms with Gasteiger partial charge in [-0.05, 0) is 57.2 Å². The highest BCUT2D eigenvalue weighted by Gasteiger charge is 2.37. The maximum absolute atomic E-state index is 14.1. The first-order valence-corrected chi connectivity index (χ1v) is 13.7. The van der Waals surface area contributed by atoms with Gasteiger partial charge in [0.25, 0.3) is 11.5 Å². The van der Waals surface area contributed by atoms with E-state index >= 15 is 0 Å². The van der Waals surface area contributed by atoms with Gasteiger partial charge in [-0.2, -0.15) is 0 Å². The first kappa shape index (κ1) is 25.6. The second-order valence-electron chi connectivity index (χ2n) is 8.76. The van der Waals surface area contributed by atoms with Crippen molar-refractivity contribution in [3.63, 3.8) is 0 Å². The minimum Gasteiger partial charge on any atom is -0.496 e. The third-order valence-electron chi connectivity index (χ3n) is 6.00. The lowest BCUT2D eigenvalue weighted by Crippen LogP contribution is -2.41. The van der Waals surface area contributed by atoms with Gasteiger partial charge in [-0.15, -0.1) is 0 Å². The first-order valence-electron chi connectivity index (χ1n) is 11.3. The molecule has 1 N–H and O–H groups in total. The average Bonchev–Trinajstić information content (AvgIpc) is 3.32. The number of allylic oxidation sites excluding steroid dienone is 1. The van der Waals surface area contributed by atoms with Gasteiger partial charge in [-0.1, -0.05) is 43.2 Å². The summed E-state index contributed by atoms with van der Waals surface area (Å²) in [4.78, 5) is 45.4. The monoisotopic (exact) mass is 645 g/mol. The summed E-state index contributed by atoms with van der Waals surface area (Å²) in [5, 5.41) is 2.83. The van der Waals surface area contributed by atoms with Crippen LogP contribution in [0, 0.1) is 0 Å². The van der Waals surface area contributed by atoms with Crippen molar-refractivity contribution in [1.82, 2.24) is 4.57 Å². The molecule has 0 bridgehead atoms. The number of carbonyl (C=O) groups is 2. The third kappa shape index (κ3) is 4.38. The zero-order valence-corrected chi connectivity index (χ0v) is 24.2. The summed E-state index contributed by atoms with van der Waals surface area (Å²) < 4.78 is 14.4. The normalized spacial score (nSPS) is 17.8. The number of esters is 1. The van der Waals surface area contributed by atoms with E-state index in [1.165, 1.54) is 11.7 Å². The number of hydrogen-bond acceptors (Lipinski definition) is 7. The van der Waals surface area contributed by atoms with Crippen LogP contribution in [0.5, 0.6) is 5.75 Å². The highest BCUT2D eigenvalue weighted by atomic mass is 79.9. The lowest BCUT2D eigenvalue weighted by Gasteiger charge is -2.26. The van der Waals surface area contributed by atoms with Crippen LogP contribution in [0.15, 0.2) is 66.4 Å². The molecule has 11 heteroatoms. The van der Waals surface area contributed by atoms with E-state index in [1.54, 1.807) is 45.0 Å². The molecule has 2 aliphatic rings. The number of nitrogens with zero attached hydrogens (tertiary/aromatic N) is 2. The maximum Gasteiger partial charge on any atom is 0.338 e. The first-order chi connectivity index (χ1) is 17.6. The molecule has 2 aliphatic heterocycles. The molecule has 3 heterocycles. The van der Waals surface area contributed by atoms with E-state index < -0.39 is 17.6 Å². The molecule has 37 heavy (non-hydrogen) atoms. The molecule has 0 aliphatic carbocycles. The molecule has 0 unspecified atom stereocenters. The zero-order valence-electron chi connectivity index (χ0n) is 20.2. The molecule has 5 rings (SSSR count). The Morgan fingerprint density at radius 1 is 1.14 bits per heavy atom. The van der Waals surface area contributed by atoms with E-state index in [1.807, 2.05) is 12.1 Å². The minimum absolute atomic E-state index is 0.230. The number of carbonyl (C=O) groups excluding carboxylic acids is 2. The highest BCUT2D eigenvalue weighted by Crippen LogP contribution is 2.38. The molecule has 0 saturated heterocycles. The Balaban J connectivity index is 1.85. The molecule has 3 aromatic rings. The van der Waals surface area contributed by atoms with Crippen LogP contribution in [0.4, 0.5) is 5.69 Å². The fraction of sp³-hybridized carbons (Fsp3) is 0.231. The van der Waals surface area contributed by atoms with Crippen LogP contribution in [-0.4, -0.2) is 29.7 Å². The number of rotatable bonds is 4. The van der Waals surface area contributed by atoms with Gasteiger partial charge in [-0.3, -0.25) is 14.2 Å². The summed E-state index contributed by atoms with van der Waals surface area (Å²) in [5.74, 6) is -0.455. The van der Waals surface area contributed by atoms with E-state index in [9.17, 15) is 14.4 Å². The number of methoxy groups -OCH3 is 1. The van der Waals surface area contributed by atoms with Gasteiger partial charge in [0.2, 0.25) is 0 Å². The number of anilines is 1. The molecule has 0 saturated carbocycles. The van der Waals surface area contributed by atoms with Crippen LogP contribution in [0.1, 0.15) is 37.9 Å². The van der Waals surface area contributed by atoms with Crippen molar-refractivity contribution < 1.29 is 19.1 Å². The Morgan fingerprint density at radius 3 is 2.54 bits per heavy atom. The summed E-state index contributed by atoms with van der Waals surface area (Å²) in [6, 6.07) is 9.90. The minimum atomic E-state index is -0.879. The topological polar surface area (TPSA) is 99.0 Å². The molecule has 1 atom stereocenters. The largest absolute Gasteiger partial charge is 0.496 e. The van der Waals surface area contributed by atoms with E-state index in [2.05, 4.69) is 42.2 Å². The number of fused-ring (bicyclic) bond motifs is 2. The van der Waals surface area contributed by atoms with Gasteiger partial charge in [0.15, 0.2) is 4.80 Å². The van der Waals surface area contributed by atoms with Gasteiger partial charge < -0.3 is 14.8 Å².